The molecule has 1 heterocycles. The molecule has 0 spiro atoms. The molecular weight excluding hydrogens is 292 g/mol. The summed E-state index contributed by atoms with van der Waals surface area (Å²) >= 11 is 6.03. The van der Waals surface area contributed by atoms with E-state index in [-0.39, 0.29) is 18.7 Å². The lowest BCUT2D eigenvalue weighted by Gasteiger charge is -2.37. The molecule has 114 valence electrons. The number of aryl methyl sites for hydroxylation is 1. The third-order valence-corrected chi connectivity index (χ3v) is 3.92. The van der Waals surface area contributed by atoms with Crippen molar-refractivity contribution in [3.8, 4) is 0 Å². The lowest BCUT2D eigenvalue weighted by Crippen LogP contribution is -2.49. The van der Waals surface area contributed by atoms with Gasteiger partial charge in [0.1, 0.15) is 0 Å². The van der Waals surface area contributed by atoms with Crippen LogP contribution in [0.1, 0.15) is 18.4 Å². The predicted molar refractivity (Wildman–Crippen MR) is 79.2 cm³/mol. The van der Waals surface area contributed by atoms with Crippen molar-refractivity contribution >= 4 is 29.2 Å². The standard InChI is InChI=1S/C15H19ClN2O3/c1-11-2-3-12(16)10-13(11)17-6-8-18(9-7-17)14(19)4-5-15(20)21/h2-3,10H,4-9H2,1H3,(H,20,21)/p-1. The number of carbonyl (C=O) groups is 2. The minimum atomic E-state index is -1.18. The largest absolute Gasteiger partial charge is 0.550 e. The van der Waals surface area contributed by atoms with Crippen LogP contribution in [0.15, 0.2) is 18.2 Å². The summed E-state index contributed by atoms with van der Waals surface area (Å²) in [7, 11) is 0. The summed E-state index contributed by atoms with van der Waals surface area (Å²) in [6.07, 6.45) is -0.203. The molecular formula is C15H18ClN2O3-. The molecule has 0 saturated carbocycles. The van der Waals surface area contributed by atoms with Gasteiger partial charge in [-0.1, -0.05) is 17.7 Å². The van der Waals surface area contributed by atoms with Crippen LogP contribution in [0.25, 0.3) is 0 Å². The number of halogens is 1. The van der Waals surface area contributed by atoms with Gasteiger partial charge in [-0.05, 0) is 31.0 Å². The fourth-order valence-electron chi connectivity index (χ4n) is 2.49. The van der Waals surface area contributed by atoms with Gasteiger partial charge < -0.3 is 19.7 Å². The van der Waals surface area contributed by atoms with Crippen LogP contribution in [0, 0.1) is 6.92 Å². The van der Waals surface area contributed by atoms with Crippen LogP contribution in [0.3, 0.4) is 0 Å². The first kappa shape index (κ1) is 15.6. The highest BCUT2D eigenvalue weighted by Gasteiger charge is 2.21. The first-order valence-corrected chi connectivity index (χ1v) is 7.34. The number of benzene rings is 1. The number of carboxylic acids is 1. The minimum absolute atomic E-state index is 0.0124. The Morgan fingerprint density at radius 3 is 2.48 bits per heavy atom. The van der Waals surface area contributed by atoms with E-state index in [9.17, 15) is 14.7 Å². The summed E-state index contributed by atoms with van der Waals surface area (Å²) in [5.74, 6) is -1.31. The van der Waals surface area contributed by atoms with Gasteiger partial charge >= 0.3 is 0 Å². The van der Waals surface area contributed by atoms with E-state index in [2.05, 4.69) is 4.90 Å². The number of hydrogen-bond donors (Lipinski definition) is 0. The van der Waals surface area contributed by atoms with Crippen LogP contribution in [-0.4, -0.2) is 43.0 Å². The van der Waals surface area contributed by atoms with Gasteiger partial charge in [0.15, 0.2) is 0 Å². The lowest BCUT2D eigenvalue weighted by atomic mass is 10.1. The molecule has 0 aliphatic carbocycles. The Kier molecular flexibility index (Phi) is 5.07. The Hall–Kier alpha value is -1.75. The van der Waals surface area contributed by atoms with Crippen LogP contribution < -0.4 is 10.0 Å². The molecule has 1 saturated heterocycles. The Balaban J connectivity index is 1.92. The van der Waals surface area contributed by atoms with E-state index in [1.165, 1.54) is 0 Å². The highest BCUT2D eigenvalue weighted by atomic mass is 35.5. The van der Waals surface area contributed by atoms with Gasteiger partial charge in [0.25, 0.3) is 0 Å². The number of nitrogens with zero attached hydrogens (tertiary/aromatic N) is 2. The van der Waals surface area contributed by atoms with E-state index in [1.54, 1.807) is 4.90 Å². The maximum atomic E-state index is 11.9. The summed E-state index contributed by atoms with van der Waals surface area (Å²) in [5.41, 5.74) is 2.24. The molecule has 0 N–H and O–H groups in total. The van der Waals surface area contributed by atoms with E-state index in [0.717, 1.165) is 24.3 Å². The molecule has 6 heteroatoms. The third-order valence-electron chi connectivity index (χ3n) is 3.69. The van der Waals surface area contributed by atoms with Gasteiger partial charge in [-0.3, -0.25) is 4.79 Å². The van der Waals surface area contributed by atoms with Crippen LogP contribution >= 0.6 is 11.6 Å². The SMILES string of the molecule is Cc1ccc(Cl)cc1N1CCN(C(=O)CCC(=O)[O-])CC1. The Morgan fingerprint density at radius 1 is 1.19 bits per heavy atom. The number of hydrogen-bond acceptors (Lipinski definition) is 4. The molecule has 1 aromatic rings. The molecule has 1 fully saturated rings. The van der Waals surface area contributed by atoms with Crippen molar-refractivity contribution in [2.75, 3.05) is 31.1 Å². The predicted octanol–water partition coefficient (Wildman–Crippen LogP) is 0.827. The average Bonchev–Trinajstić information content (AvgIpc) is 2.47. The van der Waals surface area contributed by atoms with Gasteiger partial charge in [0.05, 0.1) is 0 Å². The van der Waals surface area contributed by atoms with E-state index in [0.29, 0.717) is 18.1 Å². The van der Waals surface area contributed by atoms with E-state index in [1.807, 2.05) is 25.1 Å². The Labute approximate surface area is 129 Å². The van der Waals surface area contributed by atoms with Crippen molar-refractivity contribution in [3.05, 3.63) is 28.8 Å². The number of carboxylic acid groups (broad SMARTS) is 1. The minimum Gasteiger partial charge on any atom is -0.550 e. The molecule has 5 nitrogen and oxygen atoms in total. The molecule has 0 aromatic heterocycles. The molecule has 1 aliphatic rings. The van der Waals surface area contributed by atoms with Crippen LogP contribution in [0.2, 0.25) is 5.02 Å². The van der Waals surface area contributed by atoms with Crippen LogP contribution in [0.4, 0.5) is 5.69 Å². The van der Waals surface area contributed by atoms with Crippen molar-refractivity contribution in [2.45, 2.75) is 19.8 Å². The average molecular weight is 310 g/mol. The summed E-state index contributed by atoms with van der Waals surface area (Å²) in [4.78, 5) is 26.2. The molecule has 1 amide bonds. The number of amides is 1. The van der Waals surface area contributed by atoms with Gasteiger partial charge in [-0.2, -0.15) is 0 Å². The van der Waals surface area contributed by atoms with Crippen molar-refractivity contribution in [1.82, 2.24) is 4.90 Å². The molecule has 21 heavy (non-hydrogen) atoms. The zero-order valence-corrected chi connectivity index (χ0v) is 12.7. The fourth-order valence-corrected chi connectivity index (χ4v) is 2.65. The van der Waals surface area contributed by atoms with Gasteiger partial charge in [0, 0.05) is 49.3 Å². The monoisotopic (exact) mass is 309 g/mol. The fraction of sp³-hybridized carbons (Fsp3) is 0.467. The van der Waals surface area contributed by atoms with Crippen LogP contribution in [-0.2, 0) is 9.59 Å². The molecule has 2 rings (SSSR count). The number of anilines is 1. The number of aliphatic carboxylic acids is 1. The Morgan fingerprint density at radius 2 is 1.86 bits per heavy atom. The normalized spacial score (nSPS) is 15.1. The van der Waals surface area contributed by atoms with E-state index in [4.69, 9.17) is 11.6 Å². The summed E-state index contributed by atoms with van der Waals surface area (Å²) in [6.45, 7) is 4.66. The number of rotatable bonds is 4. The zero-order chi connectivity index (χ0) is 15.4. The summed E-state index contributed by atoms with van der Waals surface area (Å²) < 4.78 is 0. The zero-order valence-electron chi connectivity index (χ0n) is 12.0. The Bertz CT molecular complexity index is 540. The topological polar surface area (TPSA) is 63.7 Å². The van der Waals surface area contributed by atoms with Gasteiger partial charge in [-0.25, -0.2) is 0 Å². The van der Waals surface area contributed by atoms with E-state index < -0.39 is 5.97 Å². The van der Waals surface area contributed by atoms with Crippen molar-refractivity contribution in [2.24, 2.45) is 0 Å². The molecule has 0 atom stereocenters. The maximum Gasteiger partial charge on any atom is 0.223 e. The third kappa shape index (κ3) is 4.11. The second-order valence-corrected chi connectivity index (χ2v) is 5.61. The second kappa shape index (κ2) is 6.80. The van der Waals surface area contributed by atoms with Crippen molar-refractivity contribution < 1.29 is 14.7 Å². The van der Waals surface area contributed by atoms with Crippen molar-refractivity contribution in [3.63, 3.8) is 0 Å². The molecule has 0 radical (unpaired) electrons. The highest BCUT2D eigenvalue weighted by Crippen LogP contribution is 2.25. The van der Waals surface area contributed by atoms with Crippen molar-refractivity contribution in [1.29, 1.82) is 0 Å². The maximum absolute atomic E-state index is 11.9. The first-order valence-electron chi connectivity index (χ1n) is 6.96. The molecule has 1 aromatic carbocycles. The van der Waals surface area contributed by atoms with Crippen LogP contribution in [0.5, 0.6) is 0 Å². The number of carbonyl (C=O) groups excluding carboxylic acids is 2. The molecule has 0 bridgehead atoms. The second-order valence-electron chi connectivity index (χ2n) is 5.17. The number of piperazine rings is 1. The summed E-state index contributed by atoms with van der Waals surface area (Å²) in [6, 6.07) is 5.78. The first-order chi connectivity index (χ1) is 9.97. The van der Waals surface area contributed by atoms with E-state index >= 15 is 0 Å². The van der Waals surface area contributed by atoms with Gasteiger partial charge in [0.2, 0.25) is 5.91 Å². The quantitative estimate of drug-likeness (QED) is 0.826. The highest BCUT2D eigenvalue weighted by molar-refractivity contribution is 6.30. The lowest BCUT2D eigenvalue weighted by molar-refractivity contribution is -0.305. The summed E-state index contributed by atoms with van der Waals surface area (Å²) in [5, 5.41) is 11.1. The molecule has 1 aliphatic heterocycles. The van der Waals surface area contributed by atoms with Gasteiger partial charge in [-0.15, -0.1) is 0 Å². The molecule has 0 unspecified atom stereocenters. The smallest absolute Gasteiger partial charge is 0.223 e.